The molecule has 0 aliphatic carbocycles. The normalized spacial score (nSPS) is 17.2. The molecule has 0 amide bonds. The van der Waals surface area contributed by atoms with E-state index in [-0.39, 0.29) is 0 Å². The zero-order valence-corrected chi connectivity index (χ0v) is 11.5. The number of nitrogens with zero attached hydrogens (tertiary/aromatic N) is 2. The van der Waals surface area contributed by atoms with Crippen LogP contribution in [0.25, 0.3) is 0 Å². The highest BCUT2D eigenvalue weighted by atomic mass is 79.9. The highest BCUT2D eigenvalue weighted by Gasteiger charge is 2.19. The van der Waals surface area contributed by atoms with Crippen molar-refractivity contribution in [3.63, 3.8) is 0 Å². The molecule has 0 bridgehead atoms. The molecule has 1 aromatic rings. The summed E-state index contributed by atoms with van der Waals surface area (Å²) in [5, 5.41) is 5.48. The van der Waals surface area contributed by atoms with Gasteiger partial charge in [-0.05, 0) is 67.0 Å². The lowest BCUT2D eigenvalue weighted by atomic mass is 10.7. The van der Waals surface area contributed by atoms with Gasteiger partial charge < -0.3 is 0 Å². The molecule has 0 spiro atoms. The maximum Gasteiger partial charge on any atom is 0.145 e. The minimum atomic E-state index is 1.07. The summed E-state index contributed by atoms with van der Waals surface area (Å²) in [5.74, 6) is 0. The fourth-order valence-electron chi connectivity index (χ4n) is 0.691. The largest absolute Gasteiger partial charge is 0.259 e. The molecule has 2 heterocycles. The second-order valence-corrected chi connectivity index (χ2v) is 10.1. The topological polar surface area (TPSA) is 17.8 Å². The van der Waals surface area contributed by atoms with Gasteiger partial charge in [0.1, 0.15) is 9.63 Å². The molecule has 8 heteroatoms. The van der Waals surface area contributed by atoms with Crippen molar-refractivity contribution in [3.05, 3.63) is 4.60 Å². The second-order valence-electron chi connectivity index (χ2n) is 1.92. The Bertz CT molecular complexity index is 300. The fourth-order valence-corrected chi connectivity index (χ4v) is 10.4. The van der Waals surface area contributed by atoms with Crippen molar-refractivity contribution >= 4 is 67.0 Å². The number of fused-ring (bicyclic) bond motifs is 1. The number of rotatable bonds is 0. The molecule has 0 atom stereocenters. The first-order chi connectivity index (χ1) is 5.79. The van der Waals surface area contributed by atoms with E-state index in [0.29, 0.717) is 0 Å². The first kappa shape index (κ1) is 9.97. The van der Waals surface area contributed by atoms with E-state index < -0.39 is 0 Å². The molecule has 0 N–H and O–H groups in total. The van der Waals surface area contributed by atoms with Crippen LogP contribution in [0.4, 0.5) is 0 Å². The van der Waals surface area contributed by atoms with Crippen molar-refractivity contribution in [3.8, 4) is 0 Å². The van der Waals surface area contributed by atoms with Crippen LogP contribution in [-0.2, 0) is 7.05 Å². The molecule has 12 heavy (non-hydrogen) atoms. The molecule has 2 nitrogen and oxygen atoms in total. The van der Waals surface area contributed by atoms with E-state index in [4.69, 9.17) is 0 Å². The maximum absolute atomic E-state index is 4.38. The monoisotopic (exact) mass is 318 g/mol. The van der Waals surface area contributed by atoms with Crippen LogP contribution in [0.3, 0.4) is 0 Å². The van der Waals surface area contributed by atoms with E-state index >= 15 is 0 Å². The predicted molar refractivity (Wildman–Crippen MR) is 65.4 cm³/mol. The maximum atomic E-state index is 4.38. The third-order valence-corrected chi connectivity index (χ3v) is 10.7. The Morgan fingerprint density at radius 2 is 2.00 bits per heavy atom. The van der Waals surface area contributed by atoms with Crippen LogP contribution in [-0.4, -0.2) is 9.78 Å². The SMILES string of the molecule is Cn1nc2c(c1Br)SSSSS2. The van der Waals surface area contributed by atoms with Crippen LogP contribution in [0.1, 0.15) is 0 Å². The molecule has 1 aliphatic heterocycles. The zero-order valence-electron chi connectivity index (χ0n) is 5.81. The van der Waals surface area contributed by atoms with Gasteiger partial charge in [-0.2, -0.15) is 5.10 Å². The Balaban J connectivity index is 2.42. The summed E-state index contributed by atoms with van der Waals surface area (Å²) < 4.78 is 2.94. The van der Waals surface area contributed by atoms with Gasteiger partial charge in [-0.1, -0.05) is 0 Å². The molecule has 0 saturated heterocycles. The number of aromatic nitrogens is 2. The van der Waals surface area contributed by atoms with Crippen molar-refractivity contribution in [1.82, 2.24) is 9.78 Å². The van der Waals surface area contributed by atoms with Crippen LogP contribution >= 0.6 is 67.0 Å². The van der Waals surface area contributed by atoms with Gasteiger partial charge in [-0.25, -0.2) is 0 Å². The van der Waals surface area contributed by atoms with Crippen LogP contribution in [0.2, 0.25) is 0 Å². The van der Waals surface area contributed by atoms with Gasteiger partial charge in [0.05, 0.1) is 4.90 Å². The van der Waals surface area contributed by atoms with E-state index in [1.54, 1.807) is 51.1 Å². The van der Waals surface area contributed by atoms with Crippen molar-refractivity contribution in [1.29, 1.82) is 0 Å². The van der Waals surface area contributed by atoms with Gasteiger partial charge in [0.2, 0.25) is 0 Å². The van der Waals surface area contributed by atoms with E-state index in [1.165, 1.54) is 4.90 Å². The van der Waals surface area contributed by atoms with E-state index in [2.05, 4.69) is 21.0 Å². The zero-order chi connectivity index (χ0) is 8.55. The predicted octanol–water partition coefficient (Wildman–Crippen LogP) is 4.24. The van der Waals surface area contributed by atoms with Crippen LogP contribution in [0.15, 0.2) is 14.5 Å². The summed E-state index contributed by atoms with van der Waals surface area (Å²) in [6, 6.07) is 0. The molecule has 1 aromatic heterocycles. The summed E-state index contributed by atoms with van der Waals surface area (Å²) in [4.78, 5) is 1.24. The molecule has 66 valence electrons. The third kappa shape index (κ3) is 1.93. The first-order valence-electron chi connectivity index (χ1n) is 2.86. The molecular weight excluding hydrogens is 316 g/mol. The quantitative estimate of drug-likeness (QED) is 0.661. The van der Waals surface area contributed by atoms with Gasteiger partial charge in [0.25, 0.3) is 0 Å². The summed E-state index contributed by atoms with van der Waals surface area (Å²) in [6.07, 6.45) is 0. The highest BCUT2D eigenvalue weighted by Crippen LogP contribution is 2.59. The smallest absolute Gasteiger partial charge is 0.145 e. The Hall–Kier alpha value is 1.44. The van der Waals surface area contributed by atoms with Crippen LogP contribution < -0.4 is 0 Å². The van der Waals surface area contributed by atoms with E-state index in [0.717, 1.165) is 9.63 Å². The molecule has 2 rings (SSSR count). The van der Waals surface area contributed by atoms with Gasteiger partial charge in [-0.15, -0.1) is 0 Å². The number of halogens is 1. The van der Waals surface area contributed by atoms with Gasteiger partial charge in [-0.3, -0.25) is 4.68 Å². The van der Waals surface area contributed by atoms with Gasteiger partial charge in [0.15, 0.2) is 0 Å². The molecule has 1 aliphatic rings. The minimum Gasteiger partial charge on any atom is -0.259 e. The lowest BCUT2D eigenvalue weighted by Gasteiger charge is -1.93. The Morgan fingerprint density at radius 3 is 2.83 bits per heavy atom. The first-order valence-corrected chi connectivity index (χ1v) is 9.80. The number of hydrogen-bond donors (Lipinski definition) is 0. The lowest BCUT2D eigenvalue weighted by molar-refractivity contribution is 0.724. The summed E-state index contributed by atoms with van der Waals surface area (Å²) in [7, 11) is 10.8. The Labute approximate surface area is 97.5 Å². The van der Waals surface area contributed by atoms with Crippen molar-refractivity contribution in [2.24, 2.45) is 7.05 Å². The average molecular weight is 319 g/mol. The number of aryl methyl sites for hydroxylation is 1. The summed E-state index contributed by atoms with van der Waals surface area (Å²) in [5.41, 5.74) is 0. The molecular formula is C4H3BrN2S5. The molecule has 0 saturated carbocycles. The van der Waals surface area contributed by atoms with Crippen molar-refractivity contribution in [2.45, 2.75) is 9.92 Å². The van der Waals surface area contributed by atoms with Gasteiger partial charge in [0, 0.05) is 7.05 Å². The average Bonchev–Trinajstić information content (AvgIpc) is 2.30. The standard InChI is InChI=1S/C4H3BrN2S5/c1-7-3(5)2-4(6-7)9-11-12-10-8-2/h1H3. The van der Waals surface area contributed by atoms with Crippen molar-refractivity contribution in [2.75, 3.05) is 0 Å². The summed E-state index contributed by atoms with van der Waals surface area (Å²) >= 11 is 3.51. The van der Waals surface area contributed by atoms with Crippen molar-refractivity contribution < 1.29 is 0 Å². The molecule has 0 fully saturated rings. The third-order valence-electron chi connectivity index (χ3n) is 1.19. The van der Waals surface area contributed by atoms with E-state index in [9.17, 15) is 0 Å². The van der Waals surface area contributed by atoms with E-state index in [1.807, 2.05) is 11.7 Å². The second kappa shape index (κ2) is 4.31. The van der Waals surface area contributed by atoms with Crippen LogP contribution in [0, 0.1) is 0 Å². The Kier molecular flexibility index (Phi) is 3.58. The molecule has 0 aromatic carbocycles. The lowest BCUT2D eigenvalue weighted by Crippen LogP contribution is -1.88. The Morgan fingerprint density at radius 1 is 1.25 bits per heavy atom. The fraction of sp³-hybridized carbons (Fsp3) is 0.250. The molecule has 0 radical (unpaired) electrons. The molecule has 0 unspecified atom stereocenters. The summed E-state index contributed by atoms with van der Waals surface area (Å²) in [6.45, 7) is 0. The minimum absolute atomic E-state index is 1.07. The number of hydrogen-bond acceptors (Lipinski definition) is 6. The highest BCUT2D eigenvalue weighted by molar-refractivity contribution is 9.36. The van der Waals surface area contributed by atoms with Gasteiger partial charge >= 0.3 is 0 Å². The van der Waals surface area contributed by atoms with Crippen LogP contribution in [0.5, 0.6) is 0 Å².